The van der Waals surface area contributed by atoms with Crippen molar-refractivity contribution in [3.63, 3.8) is 0 Å². The lowest BCUT2D eigenvalue weighted by atomic mass is 10.1. The monoisotopic (exact) mass is 381 g/mol. The second-order valence-corrected chi connectivity index (χ2v) is 7.43. The first-order valence-electron chi connectivity index (χ1n) is 8.97. The molecule has 1 amide bonds. The highest BCUT2D eigenvalue weighted by Gasteiger charge is 2.15. The second kappa shape index (κ2) is 9.37. The van der Waals surface area contributed by atoms with Crippen molar-refractivity contribution in [3.05, 3.63) is 77.4 Å². The summed E-state index contributed by atoms with van der Waals surface area (Å²) in [7, 11) is 0. The van der Waals surface area contributed by atoms with Crippen molar-refractivity contribution < 1.29 is 9.32 Å². The normalized spacial score (nSPS) is 11.9. The predicted octanol–water partition coefficient (Wildman–Crippen LogP) is 4.42. The Morgan fingerprint density at radius 1 is 1.15 bits per heavy atom. The maximum absolute atomic E-state index is 12.7. The lowest BCUT2D eigenvalue weighted by Gasteiger charge is -2.15. The number of benzene rings is 2. The standard InChI is InChI=1S/C21H23N3O2S/c1-15(12-13-17-8-4-3-5-9-17)22-21(25)18-10-6-7-11-19(18)27-14-20-23-16(2)26-24-20/h3-11,15H,12-14H2,1-2H3,(H,22,25). The predicted molar refractivity (Wildman–Crippen MR) is 107 cm³/mol. The Bertz CT molecular complexity index is 880. The van der Waals surface area contributed by atoms with Crippen LogP contribution in [0, 0.1) is 6.92 Å². The fraction of sp³-hybridized carbons (Fsp3) is 0.286. The topological polar surface area (TPSA) is 68.0 Å². The maximum Gasteiger partial charge on any atom is 0.252 e. The number of thioether (sulfide) groups is 1. The second-order valence-electron chi connectivity index (χ2n) is 6.41. The van der Waals surface area contributed by atoms with E-state index in [2.05, 4.69) is 27.6 Å². The highest BCUT2D eigenvalue weighted by atomic mass is 32.2. The van der Waals surface area contributed by atoms with Gasteiger partial charge in [-0.1, -0.05) is 47.6 Å². The molecule has 0 spiro atoms. The van der Waals surface area contributed by atoms with E-state index in [1.165, 1.54) is 17.3 Å². The van der Waals surface area contributed by atoms with Crippen LogP contribution < -0.4 is 5.32 Å². The molecule has 5 nitrogen and oxygen atoms in total. The molecule has 3 aromatic rings. The number of carbonyl (C=O) groups excluding carboxylic acids is 1. The van der Waals surface area contributed by atoms with Gasteiger partial charge in [-0.3, -0.25) is 4.79 Å². The van der Waals surface area contributed by atoms with Crippen LogP contribution in [0.2, 0.25) is 0 Å². The molecule has 1 aromatic heterocycles. The van der Waals surface area contributed by atoms with Crippen LogP contribution in [-0.4, -0.2) is 22.1 Å². The molecule has 6 heteroatoms. The number of nitrogens with one attached hydrogen (secondary N) is 1. The van der Waals surface area contributed by atoms with Crippen LogP contribution in [-0.2, 0) is 12.2 Å². The number of rotatable bonds is 8. The summed E-state index contributed by atoms with van der Waals surface area (Å²) in [6.45, 7) is 3.80. The summed E-state index contributed by atoms with van der Waals surface area (Å²) in [5, 5.41) is 7.01. The molecular formula is C21H23N3O2S. The van der Waals surface area contributed by atoms with Gasteiger partial charge in [0.05, 0.1) is 11.3 Å². The van der Waals surface area contributed by atoms with Gasteiger partial charge in [-0.15, -0.1) is 11.8 Å². The average molecular weight is 382 g/mol. The lowest BCUT2D eigenvalue weighted by Crippen LogP contribution is -2.33. The molecule has 0 radical (unpaired) electrons. The number of hydrogen-bond acceptors (Lipinski definition) is 5. The fourth-order valence-corrected chi connectivity index (χ4v) is 3.62. The number of carbonyl (C=O) groups is 1. The van der Waals surface area contributed by atoms with Gasteiger partial charge >= 0.3 is 0 Å². The van der Waals surface area contributed by atoms with Crippen LogP contribution in [0.5, 0.6) is 0 Å². The minimum atomic E-state index is -0.0528. The van der Waals surface area contributed by atoms with Crippen LogP contribution >= 0.6 is 11.8 Å². The number of aryl methyl sites for hydroxylation is 2. The molecule has 1 heterocycles. The van der Waals surface area contributed by atoms with Gasteiger partial charge in [0.1, 0.15) is 0 Å². The SMILES string of the molecule is Cc1nc(CSc2ccccc2C(=O)NC(C)CCc2ccccc2)no1. The van der Waals surface area contributed by atoms with Gasteiger partial charge in [-0.25, -0.2) is 0 Å². The molecule has 0 aliphatic rings. The third-order valence-corrected chi connectivity index (χ3v) is 5.21. The molecule has 140 valence electrons. The first-order chi connectivity index (χ1) is 13.1. The molecule has 0 aliphatic heterocycles. The van der Waals surface area contributed by atoms with E-state index in [1.54, 1.807) is 6.92 Å². The Morgan fingerprint density at radius 3 is 2.63 bits per heavy atom. The van der Waals surface area contributed by atoms with Crippen molar-refractivity contribution in [1.82, 2.24) is 15.5 Å². The largest absolute Gasteiger partial charge is 0.350 e. The molecule has 2 aromatic carbocycles. The Hall–Kier alpha value is -2.60. The van der Waals surface area contributed by atoms with Gasteiger partial charge < -0.3 is 9.84 Å². The van der Waals surface area contributed by atoms with Gasteiger partial charge in [0, 0.05) is 17.9 Å². The van der Waals surface area contributed by atoms with Crippen molar-refractivity contribution >= 4 is 17.7 Å². The zero-order valence-corrected chi connectivity index (χ0v) is 16.3. The van der Waals surface area contributed by atoms with Gasteiger partial charge in [-0.05, 0) is 37.5 Å². The Balaban J connectivity index is 1.57. The van der Waals surface area contributed by atoms with E-state index in [0.717, 1.165) is 17.7 Å². The molecular weight excluding hydrogens is 358 g/mol. The molecule has 0 fully saturated rings. The quantitative estimate of drug-likeness (QED) is 0.585. The van der Waals surface area contributed by atoms with Crippen LogP contribution in [0.4, 0.5) is 0 Å². The Kier molecular flexibility index (Phi) is 6.65. The molecule has 1 N–H and O–H groups in total. The lowest BCUT2D eigenvalue weighted by molar-refractivity contribution is 0.0935. The van der Waals surface area contributed by atoms with Crippen molar-refractivity contribution in [1.29, 1.82) is 0 Å². The highest BCUT2D eigenvalue weighted by Crippen LogP contribution is 2.25. The van der Waals surface area contributed by atoms with Crippen molar-refractivity contribution in [2.75, 3.05) is 0 Å². The van der Waals surface area contributed by atoms with Crippen LogP contribution in [0.1, 0.15) is 41.0 Å². The first kappa shape index (κ1) is 19.2. The zero-order valence-electron chi connectivity index (χ0n) is 15.5. The summed E-state index contributed by atoms with van der Waals surface area (Å²) >= 11 is 1.53. The molecule has 1 unspecified atom stereocenters. The number of hydrogen-bond donors (Lipinski definition) is 1. The number of nitrogens with zero attached hydrogens (tertiary/aromatic N) is 2. The summed E-state index contributed by atoms with van der Waals surface area (Å²) in [4.78, 5) is 17.8. The molecule has 0 bridgehead atoms. The Morgan fingerprint density at radius 2 is 1.89 bits per heavy atom. The van der Waals surface area contributed by atoms with E-state index in [4.69, 9.17) is 4.52 Å². The number of amides is 1. The molecule has 0 saturated heterocycles. The summed E-state index contributed by atoms with van der Waals surface area (Å²) in [6, 6.07) is 18.0. The van der Waals surface area contributed by atoms with Crippen LogP contribution in [0.25, 0.3) is 0 Å². The van der Waals surface area contributed by atoms with Gasteiger partial charge in [0.25, 0.3) is 5.91 Å². The summed E-state index contributed by atoms with van der Waals surface area (Å²) in [5.41, 5.74) is 1.96. The zero-order chi connectivity index (χ0) is 19.1. The van der Waals surface area contributed by atoms with E-state index in [1.807, 2.05) is 49.4 Å². The van der Waals surface area contributed by atoms with Crippen molar-refractivity contribution in [2.45, 2.75) is 43.4 Å². The molecule has 0 aliphatic carbocycles. The summed E-state index contributed by atoms with van der Waals surface area (Å²) in [6.07, 6.45) is 1.84. The minimum Gasteiger partial charge on any atom is -0.350 e. The summed E-state index contributed by atoms with van der Waals surface area (Å²) in [5.74, 6) is 1.68. The van der Waals surface area contributed by atoms with Gasteiger partial charge in [0.2, 0.25) is 5.89 Å². The Labute approximate surface area is 163 Å². The highest BCUT2D eigenvalue weighted by molar-refractivity contribution is 7.98. The third kappa shape index (κ3) is 5.69. The van der Waals surface area contributed by atoms with Crippen molar-refractivity contribution in [2.24, 2.45) is 0 Å². The molecule has 3 rings (SSSR count). The summed E-state index contributed by atoms with van der Waals surface area (Å²) < 4.78 is 4.99. The first-order valence-corrected chi connectivity index (χ1v) is 9.96. The smallest absolute Gasteiger partial charge is 0.252 e. The minimum absolute atomic E-state index is 0.0528. The van der Waals surface area contributed by atoms with E-state index >= 15 is 0 Å². The fourth-order valence-electron chi connectivity index (χ4n) is 2.72. The maximum atomic E-state index is 12.7. The van der Waals surface area contributed by atoms with Gasteiger partial charge in [-0.2, -0.15) is 4.98 Å². The van der Waals surface area contributed by atoms with E-state index in [9.17, 15) is 4.79 Å². The van der Waals surface area contributed by atoms with Crippen LogP contribution in [0.3, 0.4) is 0 Å². The third-order valence-electron chi connectivity index (χ3n) is 4.14. The molecule has 1 atom stereocenters. The van der Waals surface area contributed by atoms with E-state index < -0.39 is 0 Å². The van der Waals surface area contributed by atoms with Crippen molar-refractivity contribution in [3.8, 4) is 0 Å². The average Bonchev–Trinajstić information content (AvgIpc) is 3.11. The van der Waals surface area contributed by atoms with Crippen LogP contribution in [0.15, 0.2) is 64.0 Å². The van der Waals surface area contributed by atoms with E-state index in [-0.39, 0.29) is 11.9 Å². The molecule has 27 heavy (non-hydrogen) atoms. The van der Waals surface area contributed by atoms with Gasteiger partial charge in [0.15, 0.2) is 5.82 Å². The van der Waals surface area contributed by atoms with E-state index in [0.29, 0.717) is 23.0 Å². The molecule has 0 saturated carbocycles. The number of aromatic nitrogens is 2.